The number of benzene rings is 3. The van der Waals surface area contributed by atoms with Crippen molar-refractivity contribution in [1.82, 2.24) is 9.29 Å². The van der Waals surface area contributed by atoms with Gasteiger partial charge in [-0.1, -0.05) is 42.5 Å². The summed E-state index contributed by atoms with van der Waals surface area (Å²) in [5, 5.41) is 0. The van der Waals surface area contributed by atoms with E-state index in [1.165, 1.54) is 23.5 Å². The minimum atomic E-state index is -3.92. The molecule has 0 fully saturated rings. The van der Waals surface area contributed by atoms with E-state index >= 15 is 0 Å². The molecule has 0 atom stereocenters. The lowest BCUT2D eigenvalue weighted by Gasteiger charge is -2.23. The summed E-state index contributed by atoms with van der Waals surface area (Å²) in [6.07, 6.45) is 1.62. The van der Waals surface area contributed by atoms with Gasteiger partial charge in [0, 0.05) is 12.7 Å². The molecule has 0 bridgehead atoms. The first kappa shape index (κ1) is 27.8. The summed E-state index contributed by atoms with van der Waals surface area (Å²) in [4.78, 5) is 16.9. The molecule has 0 aliphatic carbocycles. The Bertz CT molecular complexity index is 1480. The maximum absolute atomic E-state index is 13.8. The van der Waals surface area contributed by atoms with Crippen LogP contribution in [-0.2, 0) is 34.5 Å². The quantitative estimate of drug-likeness (QED) is 0.224. The summed E-state index contributed by atoms with van der Waals surface area (Å²) in [7, 11) is -2.62. The molecular weight excluding hydrogens is 516 g/mol. The molecule has 1 heterocycles. The van der Waals surface area contributed by atoms with Crippen LogP contribution in [-0.4, -0.2) is 37.4 Å². The van der Waals surface area contributed by atoms with E-state index in [2.05, 4.69) is 4.98 Å². The highest BCUT2D eigenvalue weighted by Gasteiger charge is 2.26. The minimum Gasteiger partial charge on any atom is -0.494 e. The van der Waals surface area contributed by atoms with Crippen LogP contribution < -0.4 is 9.47 Å². The highest BCUT2D eigenvalue weighted by molar-refractivity contribution is 7.89. The summed E-state index contributed by atoms with van der Waals surface area (Å²) in [6.45, 7) is 2.65. The molecule has 3 aromatic carbocycles. The van der Waals surface area contributed by atoms with E-state index < -0.39 is 16.0 Å². The first-order valence-corrected chi connectivity index (χ1v) is 13.9. The molecule has 9 heteroatoms. The number of carbonyl (C=O) groups excluding carboxylic acids is 1. The van der Waals surface area contributed by atoms with E-state index in [1.807, 2.05) is 43.3 Å². The third-order valence-electron chi connectivity index (χ3n) is 5.88. The summed E-state index contributed by atoms with van der Waals surface area (Å²) in [5.74, 6) is 0.350. The Balaban J connectivity index is 1.66. The number of carbonyl (C=O) groups is 1. The lowest BCUT2D eigenvalue weighted by atomic mass is 10.1. The van der Waals surface area contributed by atoms with Crippen molar-refractivity contribution in [1.29, 1.82) is 0 Å². The normalized spacial score (nSPS) is 11.3. The Hall–Kier alpha value is -4.21. The van der Waals surface area contributed by atoms with Crippen molar-refractivity contribution in [2.24, 2.45) is 0 Å². The number of aromatic nitrogens is 1. The molecule has 0 N–H and O–H groups in total. The average molecular weight is 547 g/mol. The van der Waals surface area contributed by atoms with Crippen LogP contribution in [0.1, 0.15) is 34.1 Å². The number of esters is 1. The molecule has 39 heavy (non-hydrogen) atoms. The van der Waals surface area contributed by atoms with Gasteiger partial charge in [0.05, 0.1) is 30.9 Å². The number of sulfonamides is 1. The fraction of sp³-hybridized carbons (Fsp3) is 0.200. The molecule has 0 saturated heterocycles. The van der Waals surface area contributed by atoms with E-state index in [1.54, 1.807) is 48.7 Å². The first-order valence-electron chi connectivity index (χ1n) is 12.4. The summed E-state index contributed by atoms with van der Waals surface area (Å²) in [6, 6.07) is 26.2. The van der Waals surface area contributed by atoms with Gasteiger partial charge in [0.15, 0.2) is 0 Å². The predicted molar refractivity (Wildman–Crippen MR) is 147 cm³/mol. The largest absolute Gasteiger partial charge is 0.494 e. The predicted octanol–water partition coefficient (Wildman–Crippen LogP) is 5.24. The maximum Gasteiger partial charge on any atom is 0.341 e. The molecular formula is C30H30N2O6S. The topological polar surface area (TPSA) is 95.0 Å². The SMILES string of the molecule is CCOc1ccc(S(=O)(=O)N(Cc2ccc(C(=O)OC)c(OCc3ccccc3)c2)Cc2ccccn2)cc1. The van der Waals surface area contributed by atoms with Crippen molar-refractivity contribution in [3.05, 3.63) is 120 Å². The summed E-state index contributed by atoms with van der Waals surface area (Å²) in [5.41, 5.74) is 2.41. The van der Waals surface area contributed by atoms with Gasteiger partial charge in [-0.3, -0.25) is 4.98 Å². The fourth-order valence-corrected chi connectivity index (χ4v) is 5.32. The molecule has 4 rings (SSSR count). The number of nitrogens with zero attached hydrogens (tertiary/aromatic N) is 2. The number of pyridine rings is 1. The molecule has 4 aromatic rings. The van der Waals surface area contributed by atoms with E-state index in [0.29, 0.717) is 29.4 Å². The first-order chi connectivity index (χ1) is 18.9. The molecule has 8 nitrogen and oxygen atoms in total. The van der Waals surface area contributed by atoms with Gasteiger partial charge in [0.2, 0.25) is 10.0 Å². The molecule has 0 unspecified atom stereocenters. The number of hydrogen-bond donors (Lipinski definition) is 0. The van der Waals surface area contributed by atoms with Gasteiger partial charge in [-0.05, 0) is 66.6 Å². The van der Waals surface area contributed by atoms with Gasteiger partial charge < -0.3 is 14.2 Å². The average Bonchev–Trinajstić information content (AvgIpc) is 2.97. The Morgan fingerprint density at radius 2 is 1.59 bits per heavy atom. The second kappa shape index (κ2) is 13.0. The van der Waals surface area contributed by atoms with Crippen molar-refractivity contribution in [3.8, 4) is 11.5 Å². The minimum absolute atomic E-state index is 0.0231. The van der Waals surface area contributed by atoms with Gasteiger partial charge in [-0.2, -0.15) is 4.31 Å². The lowest BCUT2D eigenvalue weighted by molar-refractivity contribution is 0.0595. The van der Waals surface area contributed by atoms with Crippen LogP contribution >= 0.6 is 0 Å². The number of methoxy groups -OCH3 is 1. The highest BCUT2D eigenvalue weighted by atomic mass is 32.2. The van der Waals surface area contributed by atoms with Crippen LogP contribution in [0.5, 0.6) is 11.5 Å². The van der Waals surface area contributed by atoms with Crippen molar-refractivity contribution < 1.29 is 27.4 Å². The zero-order chi connectivity index (χ0) is 27.7. The van der Waals surface area contributed by atoms with Crippen LogP contribution in [0.3, 0.4) is 0 Å². The van der Waals surface area contributed by atoms with E-state index in [9.17, 15) is 13.2 Å². The zero-order valence-electron chi connectivity index (χ0n) is 21.8. The molecule has 0 spiro atoms. The van der Waals surface area contributed by atoms with E-state index in [4.69, 9.17) is 14.2 Å². The Morgan fingerprint density at radius 3 is 2.26 bits per heavy atom. The third kappa shape index (κ3) is 7.22. The lowest BCUT2D eigenvalue weighted by Crippen LogP contribution is -2.30. The van der Waals surface area contributed by atoms with Gasteiger partial charge in [-0.15, -0.1) is 0 Å². The van der Waals surface area contributed by atoms with Gasteiger partial charge in [0.1, 0.15) is 23.7 Å². The van der Waals surface area contributed by atoms with Crippen molar-refractivity contribution in [3.63, 3.8) is 0 Å². The highest BCUT2D eigenvalue weighted by Crippen LogP contribution is 2.27. The van der Waals surface area contributed by atoms with Crippen molar-refractivity contribution >= 4 is 16.0 Å². The van der Waals surface area contributed by atoms with Crippen molar-refractivity contribution in [2.75, 3.05) is 13.7 Å². The summed E-state index contributed by atoms with van der Waals surface area (Å²) >= 11 is 0. The van der Waals surface area contributed by atoms with E-state index in [0.717, 1.165) is 5.56 Å². The molecule has 0 amide bonds. The fourth-order valence-electron chi connectivity index (χ4n) is 3.92. The number of rotatable bonds is 12. The Kier molecular flexibility index (Phi) is 9.30. The molecule has 0 aliphatic rings. The van der Waals surface area contributed by atoms with Crippen LogP contribution in [0.15, 0.2) is 102 Å². The Morgan fingerprint density at radius 1 is 0.846 bits per heavy atom. The second-order valence-corrected chi connectivity index (χ2v) is 10.5. The van der Waals surface area contributed by atoms with E-state index in [-0.39, 0.29) is 30.2 Å². The van der Waals surface area contributed by atoms with Crippen LogP contribution in [0, 0.1) is 0 Å². The second-order valence-electron chi connectivity index (χ2n) is 8.59. The standard InChI is InChI=1S/C30H30N2O6S/c1-3-37-26-13-15-27(16-14-26)39(34,35)32(21-25-11-7-8-18-31-25)20-24-12-17-28(30(33)36-2)29(19-24)38-22-23-9-5-4-6-10-23/h4-19H,3,20-22H2,1-2H3. The molecule has 0 aliphatic heterocycles. The molecule has 202 valence electrons. The van der Waals surface area contributed by atoms with Gasteiger partial charge in [-0.25, -0.2) is 13.2 Å². The molecule has 0 radical (unpaired) electrons. The summed E-state index contributed by atoms with van der Waals surface area (Å²) < 4.78 is 45.3. The Labute approximate surface area is 228 Å². The molecule has 1 aromatic heterocycles. The molecule has 0 saturated carbocycles. The monoisotopic (exact) mass is 546 g/mol. The number of hydrogen-bond acceptors (Lipinski definition) is 7. The van der Waals surface area contributed by atoms with Crippen LogP contribution in [0.2, 0.25) is 0 Å². The van der Waals surface area contributed by atoms with Crippen LogP contribution in [0.25, 0.3) is 0 Å². The zero-order valence-corrected chi connectivity index (χ0v) is 22.6. The smallest absolute Gasteiger partial charge is 0.341 e. The van der Waals surface area contributed by atoms with Crippen LogP contribution in [0.4, 0.5) is 0 Å². The van der Waals surface area contributed by atoms with Crippen molar-refractivity contribution in [2.45, 2.75) is 31.5 Å². The maximum atomic E-state index is 13.8. The number of ether oxygens (including phenoxy) is 3. The third-order valence-corrected chi connectivity index (χ3v) is 7.69. The van der Waals surface area contributed by atoms with Gasteiger partial charge in [0.25, 0.3) is 0 Å². The van der Waals surface area contributed by atoms with Gasteiger partial charge >= 0.3 is 5.97 Å².